The summed E-state index contributed by atoms with van der Waals surface area (Å²) in [7, 11) is 1.41. The van der Waals surface area contributed by atoms with Gasteiger partial charge in [-0.15, -0.1) is 0 Å². The molecule has 1 aromatic rings. The molecule has 0 atom stereocenters. The fourth-order valence-corrected chi connectivity index (χ4v) is 1.09. The Labute approximate surface area is 80.3 Å². The Morgan fingerprint density at radius 2 is 2.15 bits per heavy atom. The van der Waals surface area contributed by atoms with E-state index in [1.165, 1.54) is 13.2 Å². The quantitative estimate of drug-likeness (QED) is 0.689. The number of methoxy groups -OCH3 is 1. The van der Waals surface area contributed by atoms with Crippen LogP contribution in [0.3, 0.4) is 0 Å². The zero-order valence-electron chi connectivity index (χ0n) is 7.23. The lowest BCUT2D eigenvalue weighted by Gasteiger charge is -2.06. The van der Waals surface area contributed by atoms with Gasteiger partial charge >= 0.3 is 0 Å². The molecule has 0 aliphatic rings. The van der Waals surface area contributed by atoms with E-state index in [0.717, 1.165) is 6.07 Å². The molecule has 0 bridgehead atoms. The van der Waals surface area contributed by atoms with E-state index in [-0.39, 0.29) is 5.56 Å². The van der Waals surface area contributed by atoms with Crippen molar-refractivity contribution in [2.45, 2.75) is 6.92 Å². The number of hydrogen-bond acceptors (Lipinski definition) is 2. The summed E-state index contributed by atoms with van der Waals surface area (Å²) in [6.45, 7) is 1.57. The summed E-state index contributed by atoms with van der Waals surface area (Å²) in [5.41, 5.74) is 0.464. The van der Waals surface area contributed by atoms with Crippen LogP contribution >= 0.6 is 11.6 Å². The lowest BCUT2D eigenvalue weighted by Crippen LogP contribution is -1.96. The van der Waals surface area contributed by atoms with E-state index in [2.05, 4.69) is 0 Å². The van der Waals surface area contributed by atoms with Gasteiger partial charge in [0, 0.05) is 11.1 Å². The van der Waals surface area contributed by atoms with Crippen molar-refractivity contribution in [3.05, 3.63) is 29.1 Å². The number of ether oxygens (including phenoxy) is 1. The van der Waals surface area contributed by atoms with Crippen LogP contribution in [0.15, 0.2) is 12.1 Å². The van der Waals surface area contributed by atoms with Crippen LogP contribution in [-0.2, 0) is 0 Å². The minimum Gasteiger partial charge on any atom is -0.496 e. The number of carbonyl (C=O) groups excluding carboxylic acids is 1. The van der Waals surface area contributed by atoms with Crippen LogP contribution in [0.2, 0.25) is 0 Å². The molecule has 0 amide bonds. The predicted molar refractivity (Wildman–Crippen MR) is 47.9 cm³/mol. The van der Waals surface area contributed by atoms with E-state index in [4.69, 9.17) is 16.3 Å². The van der Waals surface area contributed by atoms with Gasteiger partial charge in [0.2, 0.25) is 0 Å². The van der Waals surface area contributed by atoms with E-state index in [1.807, 2.05) is 0 Å². The highest BCUT2D eigenvalue weighted by atomic mass is 35.5. The molecule has 1 aromatic carbocycles. The molecule has 0 fully saturated rings. The molecule has 0 saturated heterocycles. The van der Waals surface area contributed by atoms with E-state index in [0.29, 0.717) is 11.3 Å². The van der Waals surface area contributed by atoms with Crippen molar-refractivity contribution in [1.29, 1.82) is 0 Å². The SMILES string of the molecule is COc1cc(C(=O)Cl)cc(F)c1C. The zero-order valence-corrected chi connectivity index (χ0v) is 7.98. The van der Waals surface area contributed by atoms with Gasteiger partial charge in [-0.05, 0) is 30.7 Å². The van der Waals surface area contributed by atoms with Crippen molar-refractivity contribution in [2.24, 2.45) is 0 Å². The first-order chi connectivity index (χ1) is 6.06. The topological polar surface area (TPSA) is 26.3 Å². The van der Waals surface area contributed by atoms with Crippen molar-refractivity contribution in [1.82, 2.24) is 0 Å². The van der Waals surface area contributed by atoms with Crippen LogP contribution in [0.4, 0.5) is 4.39 Å². The Morgan fingerprint density at radius 3 is 2.62 bits per heavy atom. The van der Waals surface area contributed by atoms with Crippen molar-refractivity contribution >= 4 is 16.8 Å². The molecule has 0 spiro atoms. The van der Waals surface area contributed by atoms with Gasteiger partial charge in [0.15, 0.2) is 0 Å². The molecule has 0 unspecified atom stereocenters. The first-order valence-electron chi connectivity index (χ1n) is 3.60. The Balaban J connectivity index is 3.30. The smallest absolute Gasteiger partial charge is 0.252 e. The summed E-state index contributed by atoms with van der Waals surface area (Å²) >= 11 is 5.20. The highest BCUT2D eigenvalue weighted by molar-refractivity contribution is 6.67. The Bertz CT molecular complexity index is 350. The number of benzene rings is 1. The molecule has 4 heteroatoms. The van der Waals surface area contributed by atoms with Crippen LogP contribution in [0.1, 0.15) is 15.9 Å². The summed E-state index contributed by atoms with van der Waals surface area (Å²) in [5, 5.41) is -0.697. The minimum absolute atomic E-state index is 0.0987. The van der Waals surface area contributed by atoms with E-state index < -0.39 is 11.1 Å². The predicted octanol–water partition coefficient (Wildman–Crippen LogP) is 2.52. The third-order valence-electron chi connectivity index (χ3n) is 1.74. The molecule has 0 aromatic heterocycles. The maximum Gasteiger partial charge on any atom is 0.252 e. The Kier molecular flexibility index (Phi) is 2.88. The summed E-state index contributed by atoms with van der Waals surface area (Å²) in [4.78, 5) is 10.7. The minimum atomic E-state index is -0.697. The van der Waals surface area contributed by atoms with Crippen LogP contribution in [0.25, 0.3) is 0 Å². The Morgan fingerprint density at radius 1 is 1.54 bits per heavy atom. The molecule has 2 nitrogen and oxygen atoms in total. The summed E-state index contributed by atoms with van der Waals surface area (Å²) in [6, 6.07) is 2.50. The summed E-state index contributed by atoms with van der Waals surface area (Å²) in [5.74, 6) is -0.174. The normalized spacial score (nSPS) is 9.85. The van der Waals surface area contributed by atoms with E-state index in [9.17, 15) is 9.18 Å². The highest BCUT2D eigenvalue weighted by Gasteiger charge is 2.10. The second-order valence-electron chi connectivity index (χ2n) is 2.56. The average Bonchev–Trinajstić information content (AvgIpc) is 2.09. The summed E-state index contributed by atoms with van der Waals surface area (Å²) < 4.78 is 18.0. The third kappa shape index (κ3) is 1.98. The van der Waals surface area contributed by atoms with Crippen molar-refractivity contribution in [3.63, 3.8) is 0 Å². The number of halogens is 2. The maximum absolute atomic E-state index is 13.1. The van der Waals surface area contributed by atoms with Crippen LogP contribution < -0.4 is 4.74 Å². The van der Waals surface area contributed by atoms with Gasteiger partial charge in [0.1, 0.15) is 11.6 Å². The lowest BCUT2D eigenvalue weighted by atomic mass is 10.1. The van der Waals surface area contributed by atoms with Gasteiger partial charge in [-0.3, -0.25) is 4.79 Å². The fourth-order valence-electron chi connectivity index (χ4n) is 0.979. The van der Waals surface area contributed by atoms with Gasteiger partial charge in [0.05, 0.1) is 7.11 Å². The van der Waals surface area contributed by atoms with Gasteiger partial charge in [-0.1, -0.05) is 0 Å². The second-order valence-corrected chi connectivity index (χ2v) is 2.90. The average molecular weight is 203 g/mol. The first kappa shape index (κ1) is 9.99. The van der Waals surface area contributed by atoms with Gasteiger partial charge in [0.25, 0.3) is 5.24 Å². The van der Waals surface area contributed by atoms with Crippen LogP contribution in [0, 0.1) is 12.7 Å². The molecule has 70 valence electrons. The Hall–Kier alpha value is -1.09. The molecule has 0 radical (unpaired) electrons. The van der Waals surface area contributed by atoms with E-state index >= 15 is 0 Å². The highest BCUT2D eigenvalue weighted by Crippen LogP contribution is 2.23. The molecule has 13 heavy (non-hydrogen) atoms. The monoisotopic (exact) mass is 202 g/mol. The zero-order chi connectivity index (χ0) is 10.0. The third-order valence-corrected chi connectivity index (χ3v) is 1.96. The lowest BCUT2D eigenvalue weighted by molar-refractivity contribution is 0.108. The van der Waals surface area contributed by atoms with Crippen molar-refractivity contribution < 1.29 is 13.9 Å². The van der Waals surface area contributed by atoms with Crippen molar-refractivity contribution in [2.75, 3.05) is 7.11 Å². The number of carbonyl (C=O) groups is 1. The van der Waals surface area contributed by atoms with Gasteiger partial charge in [-0.25, -0.2) is 4.39 Å². The number of hydrogen-bond donors (Lipinski definition) is 0. The van der Waals surface area contributed by atoms with Gasteiger partial charge in [-0.2, -0.15) is 0 Å². The molecule has 1 rings (SSSR count). The fraction of sp³-hybridized carbons (Fsp3) is 0.222. The molecular weight excluding hydrogens is 195 g/mol. The second kappa shape index (κ2) is 3.75. The van der Waals surface area contributed by atoms with Gasteiger partial charge < -0.3 is 4.74 Å². The molecule has 0 saturated carbocycles. The van der Waals surface area contributed by atoms with Crippen LogP contribution in [-0.4, -0.2) is 12.4 Å². The molecular formula is C9H8ClFO2. The summed E-state index contributed by atoms with van der Waals surface area (Å²) in [6.07, 6.45) is 0. The number of rotatable bonds is 2. The standard InChI is InChI=1S/C9H8ClFO2/c1-5-7(11)3-6(9(10)12)4-8(5)13-2/h3-4H,1-2H3. The maximum atomic E-state index is 13.1. The van der Waals surface area contributed by atoms with Crippen LogP contribution in [0.5, 0.6) is 5.75 Å². The molecule has 0 N–H and O–H groups in total. The molecule has 0 aliphatic heterocycles. The first-order valence-corrected chi connectivity index (χ1v) is 3.98. The van der Waals surface area contributed by atoms with Crippen molar-refractivity contribution in [3.8, 4) is 5.75 Å². The molecule has 0 aliphatic carbocycles. The molecule has 0 heterocycles. The van der Waals surface area contributed by atoms with E-state index in [1.54, 1.807) is 6.92 Å². The largest absolute Gasteiger partial charge is 0.496 e.